The second-order valence-corrected chi connectivity index (χ2v) is 6.93. The second kappa shape index (κ2) is 9.34. The molecule has 8 nitrogen and oxygen atoms in total. The number of pyridine rings is 1. The number of aryl methyl sites for hydroxylation is 1. The molecular formula is C23H24N2O6. The van der Waals surface area contributed by atoms with Gasteiger partial charge in [-0.25, -0.2) is 0 Å². The summed E-state index contributed by atoms with van der Waals surface area (Å²) in [5.74, 6) is 0.0788. The van der Waals surface area contributed by atoms with E-state index in [1.165, 1.54) is 36.9 Å². The van der Waals surface area contributed by atoms with Gasteiger partial charge < -0.3 is 23.7 Å². The first-order valence-corrected chi connectivity index (χ1v) is 9.54. The number of hydrogen-bond acceptors (Lipinski definition) is 6. The molecule has 0 saturated heterocycles. The van der Waals surface area contributed by atoms with Crippen LogP contribution in [0.2, 0.25) is 0 Å². The van der Waals surface area contributed by atoms with Crippen molar-refractivity contribution in [3.05, 3.63) is 70.0 Å². The minimum Gasteiger partial charge on any atom is -0.497 e. The standard InChI is InChI=1S/C23H24N2O6/c1-24-20-8-6-5-7-18(20)19(12-21(24)26)23(28)25(14-22(27)31-4)13-15-9-16(29-2)11-17(10-15)30-3/h5-12H,13-14H2,1-4H3. The fourth-order valence-corrected chi connectivity index (χ4v) is 3.36. The molecule has 3 aromatic rings. The monoisotopic (exact) mass is 424 g/mol. The van der Waals surface area contributed by atoms with E-state index in [0.29, 0.717) is 28.0 Å². The van der Waals surface area contributed by atoms with Gasteiger partial charge in [0.2, 0.25) is 0 Å². The number of ether oxygens (including phenoxy) is 3. The summed E-state index contributed by atoms with van der Waals surface area (Å²) in [7, 11) is 5.96. The van der Waals surface area contributed by atoms with Gasteiger partial charge in [0.15, 0.2) is 0 Å². The van der Waals surface area contributed by atoms with E-state index in [0.717, 1.165) is 0 Å². The van der Waals surface area contributed by atoms with Crippen molar-refractivity contribution in [2.45, 2.75) is 6.54 Å². The van der Waals surface area contributed by atoms with Crippen molar-refractivity contribution in [3.63, 3.8) is 0 Å². The number of fused-ring (bicyclic) bond motifs is 1. The van der Waals surface area contributed by atoms with Gasteiger partial charge in [-0.05, 0) is 23.8 Å². The molecule has 0 saturated carbocycles. The summed E-state index contributed by atoms with van der Waals surface area (Å²) in [5.41, 5.74) is 1.22. The number of methoxy groups -OCH3 is 3. The fourth-order valence-electron chi connectivity index (χ4n) is 3.36. The lowest BCUT2D eigenvalue weighted by molar-refractivity contribution is -0.141. The number of aromatic nitrogens is 1. The van der Waals surface area contributed by atoms with Crippen LogP contribution in [0.5, 0.6) is 11.5 Å². The molecule has 31 heavy (non-hydrogen) atoms. The average Bonchev–Trinajstić information content (AvgIpc) is 2.80. The molecule has 0 aliphatic rings. The van der Waals surface area contributed by atoms with Gasteiger partial charge in [0.1, 0.15) is 18.0 Å². The van der Waals surface area contributed by atoms with E-state index in [2.05, 4.69) is 0 Å². The molecular weight excluding hydrogens is 400 g/mol. The molecule has 1 amide bonds. The van der Waals surface area contributed by atoms with Crippen LogP contribution in [0, 0.1) is 0 Å². The van der Waals surface area contributed by atoms with Gasteiger partial charge in [-0.2, -0.15) is 0 Å². The molecule has 1 aromatic heterocycles. The van der Waals surface area contributed by atoms with E-state index >= 15 is 0 Å². The SMILES string of the molecule is COC(=O)CN(Cc1cc(OC)cc(OC)c1)C(=O)c1cc(=O)n(C)c2ccccc12. The summed E-state index contributed by atoms with van der Waals surface area (Å²) in [6, 6.07) is 13.6. The Bertz CT molecular complexity index is 1160. The van der Waals surface area contributed by atoms with Crippen molar-refractivity contribution >= 4 is 22.8 Å². The minimum atomic E-state index is -0.573. The highest BCUT2D eigenvalue weighted by Crippen LogP contribution is 2.25. The molecule has 162 valence electrons. The normalized spacial score (nSPS) is 10.6. The van der Waals surface area contributed by atoms with Crippen molar-refractivity contribution in [1.82, 2.24) is 9.47 Å². The molecule has 0 aliphatic carbocycles. The number of hydrogen-bond donors (Lipinski definition) is 0. The predicted octanol–water partition coefficient (Wildman–Crippen LogP) is 2.37. The van der Waals surface area contributed by atoms with Crippen LogP contribution < -0.4 is 15.0 Å². The van der Waals surface area contributed by atoms with Crippen molar-refractivity contribution in [3.8, 4) is 11.5 Å². The number of nitrogens with zero attached hydrogens (tertiary/aromatic N) is 2. The van der Waals surface area contributed by atoms with Crippen molar-refractivity contribution in [1.29, 1.82) is 0 Å². The Morgan fingerprint density at radius 1 is 0.968 bits per heavy atom. The number of esters is 1. The molecule has 0 atom stereocenters. The summed E-state index contributed by atoms with van der Waals surface area (Å²) < 4.78 is 16.8. The zero-order valence-corrected chi connectivity index (χ0v) is 17.9. The number of para-hydroxylation sites is 1. The van der Waals surface area contributed by atoms with Gasteiger partial charge in [-0.3, -0.25) is 14.4 Å². The molecule has 2 aromatic carbocycles. The fraction of sp³-hybridized carbons (Fsp3) is 0.261. The van der Waals surface area contributed by atoms with Crippen LogP contribution in [0.25, 0.3) is 10.9 Å². The highest BCUT2D eigenvalue weighted by atomic mass is 16.5. The largest absolute Gasteiger partial charge is 0.497 e. The minimum absolute atomic E-state index is 0.0883. The molecule has 0 fully saturated rings. The van der Waals surface area contributed by atoms with Crippen LogP contribution in [0.4, 0.5) is 0 Å². The summed E-state index contributed by atoms with van der Waals surface area (Å²) in [4.78, 5) is 39.3. The molecule has 0 bridgehead atoms. The summed E-state index contributed by atoms with van der Waals surface area (Å²) >= 11 is 0. The van der Waals surface area contributed by atoms with Crippen LogP contribution in [-0.2, 0) is 23.1 Å². The molecule has 0 aliphatic heterocycles. The third kappa shape index (κ3) is 4.69. The van der Waals surface area contributed by atoms with Crippen molar-refractivity contribution < 1.29 is 23.8 Å². The Kier molecular flexibility index (Phi) is 6.59. The Morgan fingerprint density at radius 2 is 1.61 bits per heavy atom. The Balaban J connectivity index is 2.07. The molecule has 0 unspecified atom stereocenters. The number of carbonyl (C=O) groups excluding carboxylic acids is 2. The summed E-state index contributed by atoms with van der Waals surface area (Å²) in [6.45, 7) is -0.191. The first kappa shape index (κ1) is 21.9. The molecule has 0 radical (unpaired) electrons. The van der Waals surface area contributed by atoms with Gasteiger partial charge in [-0.1, -0.05) is 18.2 Å². The molecule has 8 heteroatoms. The van der Waals surface area contributed by atoms with Gasteiger partial charge in [0, 0.05) is 31.1 Å². The number of amides is 1. The number of benzene rings is 2. The van der Waals surface area contributed by atoms with E-state index in [1.807, 2.05) is 0 Å². The molecule has 3 rings (SSSR count). The van der Waals surface area contributed by atoms with Crippen LogP contribution in [-0.4, -0.2) is 49.2 Å². The molecule has 1 heterocycles. The number of carbonyl (C=O) groups is 2. The van der Waals surface area contributed by atoms with Crippen molar-refractivity contribution in [2.24, 2.45) is 7.05 Å². The topological polar surface area (TPSA) is 87.1 Å². The van der Waals surface area contributed by atoms with Crippen LogP contribution in [0.3, 0.4) is 0 Å². The lowest BCUT2D eigenvalue weighted by Gasteiger charge is -2.23. The van der Waals surface area contributed by atoms with E-state index in [-0.39, 0.29) is 24.2 Å². The molecule has 0 N–H and O–H groups in total. The molecule has 0 spiro atoms. The predicted molar refractivity (Wildman–Crippen MR) is 115 cm³/mol. The third-order valence-electron chi connectivity index (χ3n) is 5.00. The quantitative estimate of drug-likeness (QED) is 0.541. The highest BCUT2D eigenvalue weighted by Gasteiger charge is 2.23. The smallest absolute Gasteiger partial charge is 0.325 e. The average molecular weight is 424 g/mol. The van der Waals surface area contributed by atoms with Crippen molar-refractivity contribution in [2.75, 3.05) is 27.9 Å². The maximum Gasteiger partial charge on any atom is 0.325 e. The van der Waals surface area contributed by atoms with Gasteiger partial charge in [0.25, 0.3) is 11.5 Å². The van der Waals surface area contributed by atoms with Crippen LogP contribution >= 0.6 is 0 Å². The van der Waals surface area contributed by atoms with E-state index < -0.39 is 11.9 Å². The Hall–Kier alpha value is -3.81. The van der Waals surface area contributed by atoms with E-state index in [1.54, 1.807) is 49.5 Å². The van der Waals surface area contributed by atoms with Gasteiger partial charge in [0.05, 0.1) is 32.4 Å². The first-order chi connectivity index (χ1) is 14.9. The van der Waals surface area contributed by atoms with E-state index in [4.69, 9.17) is 14.2 Å². The zero-order valence-electron chi connectivity index (χ0n) is 17.9. The lowest BCUT2D eigenvalue weighted by atomic mass is 10.1. The van der Waals surface area contributed by atoms with Gasteiger partial charge >= 0.3 is 5.97 Å². The third-order valence-corrected chi connectivity index (χ3v) is 5.00. The lowest BCUT2D eigenvalue weighted by Crippen LogP contribution is -2.36. The van der Waals surface area contributed by atoms with E-state index in [9.17, 15) is 14.4 Å². The maximum absolute atomic E-state index is 13.5. The highest BCUT2D eigenvalue weighted by molar-refractivity contribution is 6.06. The zero-order chi connectivity index (χ0) is 22.5. The van der Waals surface area contributed by atoms with Crippen LogP contribution in [0.1, 0.15) is 15.9 Å². The Labute approximate surface area is 179 Å². The summed E-state index contributed by atoms with van der Waals surface area (Å²) in [6.07, 6.45) is 0. The second-order valence-electron chi connectivity index (χ2n) is 6.93. The summed E-state index contributed by atoms with van der Waals surface area (Å²) in [5, 5.41) is 0.618. The number of rotatable bonds is 7. The first-order valence-electron chi connectivity index (χ1n) is 9.54. The van der Waals surface area contributed by atoms with Gasteiger partial charge in [-0.15, -0.1) is 0 Å². The Morgan fingerprint density at radius 3 is 2.23 bits per heavy atom. The van der Waals surface area contributed by atoms with Crippen LogP contribution in [0.15, 0.2) is 53.3 Å². The maximum atomic E-state index is 13.5.